The topological polar surface area (TPSA) is 20.2 Å². The third kappa shape index (κ3) is 9.40. The van der Waals surface area contributed by atoms with E-state index >= 15 is 0 Å². The molecule has 2 unspecified atom stereocenters. The fraction of sp³-hybridized carbons (Fsp3) is 0.562. The van der Waals surface area contributed by atoms with Crippen molar-refractivity contribution in [1.29, 1.82) is 0 Å². The molecule has 0 aliphatic heterocycles. The molecule has 0 aromatic rings. The van der Waals surface area contributed by atoms with Gasteiger partial charge in [0.05, 0.1) is 6.26 Å². The fourth-order valence-corrected chi connectivity index (χ4v) is 5.56. The normalized spacial score (nSPS) is 25.4. The standard InChI is InChI=1S/C32H48O/c1-6-8-11-16-30-22-27(5)32(31(24-33)21-26(30)4)23-28(7-2)19-17-25(3)18-20-29-14-12-9-10-13-15-29/h6-8,11,17,19,24,27,29,32-33H,1-2,9-10,12-16,18,20-23H2,3-5H3/b11-8-,25-17+,28-19+,31-24-. The van der Waals surface area contributed by atoms with Gasteiger partial charge in [0, 0.05) is 0 Å². The van der Waals surface area contributed by atoms with Crippen LogP contribution < -0.4 is 0 Å². The van der Waals surface area contributed by atoms with Gasteiger partial charge in [-0.25, -0.2) is 0 Å². The van der Waals surface area contributed by atoms with Crippen LogP contribution in [0.4, 0.5) is 0 Å². The lowest BCUT2D eigenvalue weighted by molar-refractivity contribution is 0.382. The number of aliphatic hydroxyl groups excluding tert-OH is 1. The van der Waals surface area contributed by atoms with Gasteiger partial charge in [-0.1, -0.05) is 112 Å². The molecule has 0 radical (unpaired) electrons. The van der Waals surface area contributed by atoms with Crippen LogP contribution in [0.1, 0.15) is 97.8 Å². The van der Waals surface area contributed by atoms with Gasteiger partial charge in [0.15, 0.2) is 0 Å². The molecule has 1 saturated carbocycles. The largest absolute Gasteiger partial charge is 0.516 e. The molecule has 1 N–H and O–H groups in total. The summed E-state index contributed by atoms with van der Waals surface area (Å²) in [6.45, 7) is 14.7. The summed E-state index contributed by atoms with van der Waals surface area (Å²) in [6.07, 6.45) is 29.0. The SMILES string of the molecule is C=C/C=C\CC1=C(C)C/C(=C/O)C(C/C(C=C)=C/C=C(\C)CCC2CCCCCC2)C(C)C1. The Morgan fingerprint density at radius 2 is 1.82 bits per heavy atom. The van der Waals surface area contributed by atoms with Crippen LogP contribution in [0, 0.1) is 17.8 Å². The van der Waals surface area contributed by atoms with Gasteiger partial charge in [-0.15, -0.1) is 0 Å². The van der Waals surface area contributed by atoms with Gasteiger partial charge in [-0.05, 0) is 81.3 Å². The van der Waals surface area contributed by atoms with Crippen LogP contribution in [-0.2, 0) is 0 Å². The number of hydrogen-bond acceptors (Lipinski definition) is 1. The van der Waals surface area contributed by atoms with E-state index in [4.69, 9.17) is 0 Å². The zero-order valence-corrected chi connectivity index (χ0v) is 21.6. The lowest BCUT2D eigenvalue weighted by Crippen LogP contribution is -2.14. The molecular formula is C32H48O. The van der Waals surface area contributed by atoms with E-state index in [1.165, 1.54) is 79.9 Å². The Balaban J connectivity index is 2.03. The molecule has 33 heavy (non-hydrogen) atoms. The van der Waals surface area contributed by atoms with Crippen molar-refractivity contribution < 1.29 is 5.11 Å². The van der Waals surface area contributed by atoms with Gasteiger partial charge in [-0.3, -0.25) is 0 Å². The summed E-state index contributed by atoms with van der Waals surface area (Å²) < 4.78 is 0. The van der Waals surface area contributed by atoms with E-state index in [0.29, 0.717) is 11.8 Å². The summed E-state index contributed by atoms with van der Waals surface area (Å²) >= 11 is 0. The average molecular weight is 449 g/mol. The first-order valence-corrected chi connectivity index (χ1v) is 13.2. The van der Waals surface area contributed by atoms with Crippen LogP contribution in [0.3, 0.4) is 0 Å². The second kappa shape index (κ2) is 15.0. The van der Waals surface area contributed by atoms with Crippen molar-refractivity contribution in [1.82, 2.24) is 0 Å². The van der Waals surface area contributed by atoms with Gasteiger partial charge >= 0.3 is 0 Å². The van der Waals surface area contributed by atoms with E-state index in [9.17, 15) is 5.11 Å². The molecule has 2 aliphatic rings. The average Bonchev–Trinajstić information content (AvgIpc) is 3.14. The van der Waals surface area contributed by atoms with Crippen LogP contribution in [0.25, 0.3) is 0 Å². The van der Waals surface area contributed by atoms with Gasteiger partial charge in [0.2, 0.25) is 0 Å². The van der Waals surface area contributed by atoms with Crippen molar-refractivity contribution >= 4 is 0 Å². The van der Waals surface area contributed by atoms with E-state index in [1.54, 1.807) is 0 Å². The zero-order valence-electron chi connectivity index (χ0n) is 21.6. The summed E-state index contributed by atoms with van der Waals surface area (Å²) in [5.41, 5.74) is 6.80. The predicted octanol–water partition coefficient (Wildman–Crippen LogP) is 10.1. The van der Waals surface area contributed by atoms with Crippen molar-refractivity contribution in [3.8, 4) is 0 Å². The molecule has 1 nitrogen and oxygen atoms in total. The van der Waals surface area contributed by atoms with E-state index in [-0.39, 0.29) is 0 Å². The van der Waals surface area contributed by atoms with Crippen LogP contribution >= 0.6 is 0 Å². The third-order valence-corrected chi connectivity index (χ3v) is 7.83. The van der Waals surface area contributed by atoms with Crippen molar-refractivity contribution in [3.63, 3.8) is 0 Å². The van der Waals surface area contributed by atoms with Gasteiger partial charge < -0.3 is 5.11 Å². The first-order valence-electron chi connectivity index (χ1n) is 13.2. The second-order valence-corrected chi connectivity index (χ2v) is 10.5. The Morgan fingerprint density at radius 1 is 1.09 bits per heavy atom. The molecule has 0 aromatic carbocycles. The maximum Gasteiger partial charge on any atom is 0.0789 e. The first-order chi connectivity index (χ1) is 16.0. The van der Waals surface area contributed by atoms with Gasteiger partial charge in [-0.2, -0.15) is 0 Å². The van der Waals surface area contributed by atoms with E-state index in [1.807, 2.05) is 18.2 Å². The highest BCUT2D eigenvalue weighted by molar-refractivity contribution is 5.31. The number of aliphatic hydroxyl groups is 1. The summed E-state index contributed by atoms with van der Waals surface area (Å²) in [6, 6.07) is 0. The lowest BCUT2D eigenvalue weighted by Gasteiger charge is -2.24. The molecule has 0 bridgehead atoms. The van der Waals surface area contributed by atoms with Crippen molar-refractivity contribution in [2.45, 2.75) is 97.8 Å². The fourth-order valence-electron chi connectivity index (χ4n) is 5.56. The molecular weight excluding hydrogens is 400 g/mol. The highest BCUT2D eigenvalue weighted by atomic mass is 16.2. The molecule has 2 aliphatic carbocycles. The van der Waals surface area contributed by atoms with Crippen LogP contribution in [0.2, 0.25) is 0 Å². The third-order valence-electron chi connectivity index (χ3n) is 7.83. The summed E-state index contributed by atoms with van der Waals surface area (Å²) in [5.74, 6) is 1.75. The quantitative estimate of drug-likeness (QED) is 0.152. The maximum atomic E-state index is 10.1. The monoisotopic (exact) mass is 448 g/mol. The number of rotatable bonds is 10. The molecule has 182 valence electrons. The molecule has 1 heteroatoms. The molecule has 0 amide bonds. The minimum Gasteiger partial charge on any atom is -0.516 e. The summed E-state index contributed by atoms with van der Waals surface area (Å²) in [7, 11) is 0. The second-order valence-electron chi connectivity index (χ2n) is 10.5. The molecule has 2 rings (SSSR count). The molecule has 0 spiro atoms. The van der Waals surface area contributed by atoms with Crippen LogP contribution in [-0.4, -0.2) is 5.11 Å². The van der Waals surface area contributed by atoms with Crippen molar-refractivity contribution in [2.24, 2.45) is 17.8 Å². The molecule has 0 saturated heterocycles. The number of hydrogen-bond donors (Lipinski definition) is 1. The Labute approximate surface area is 204 Å². The molecule has 0 heterocycles. The minimum absolute atomic E-state index is 0.342. The highest BCUT2D eigenvalue weighted by Crippen LogP contribution is 2.40. The highest BCUT2D eigenvalue weighted by Gasteiger charge is 2.27. The Morgan fingerprint density at radius 3 is 2.45 bits per heavy atom. The summed E-state index contributed by atoms with van der Waals surface area (Å²) in [4.78, 5) is 0. The number of allylic oxidation sites excluding steroid dienone is 11. The molecule has 2 atom stereocenters. The Bertz CT molecular complexity index is 777. The van der Waals surface area contributed by atoms with Crippen molar-refractivity contribution in [3.05, 3.63) is 83.7 Å². The molecule has 1 fully saturated rings. The lowest BCUT2D eigenvalue weighted by atomic mass is 9.80. The zero-order chi connectivity index (χ0) is 24.1. The summed E-state index contributed by atoms with van der Waals surface area (Å²) in [5, 5.41) is 10.1. The van der Waals surface area contributed by atoms with E-state index < -0.39 is 0 Å². The minimum atomic E-state index is 0.342. The Kier molecular flexibility index (Phi) is 12.4. The van der Waals surface area contributed by atoms with Crippen molar-refractivity contribution in [2.75, 3.05) is 0 Å². The van der Waals surface area contributed by atoms with Gasteiger partial charge in [0.1, 0.15) is 0 Å². The first kappa shape index (κ1) is 27.2. The Hall–Kier alpha value is -2.02. The van der Waals surface area contributed by atoms with E-state index in [2.05, 4.69) is 52.2 Å². The maximum absolute atomic E-state index is 10.1. The van der Waals surface area contributed by atoms with Gasteiger partial charge in [0.25, 0.3) is 0 Å². The van der Waals surface area contributed by atoms with E-state index in [0.717, 1.165) is 37.2 Å². The predicted molar refractivity (Wildman–Crippen MR) is 146 cm³/mol. The molecule has 0 aromatic heterocycles. The van der Waals surface area contributed by atoms with Crippen LogP contribution in [0.5, 0.6) is 0 Å². The van der Waals surface area contributed by atoms with Crippen LogP contribution in [0.15, 0.2) is 83.7 Å². The smallest absolute Gasteiger partial charge is 0.0789 e.